The third kappa shape index (κ3) is 4.19. The summed E-state index contributed by atoms with van der Waals surface area (Å²) in [5.41, 5.74) is 10.3. The average Bonchev–Trinajstić information content (AvgIpc) is 2.92. The highest BCUT2D eigenvalue weighted by Gasteiger charge is 2.22. The number of rotatable bonds is 6. The van der Waals surface area contributed by atoms with Crippen LogP contribution in [0.25, 0.3) is 33.0 Å². The molecule has 36 heavy (non-hydrogen) atoms. The fourth-order valence-corrected chi connectivity index (χ4v) is 4.24. The number of anilines is 1. The predicted octanol–water partition coefficient (Wildman–Crippen LogP) is 6.51. The molecule has 0 spiro atoms. The van der Waals surface area contributed by atoms with Crippen LogP contribution in [0.15, 0.2) is 97.2 Å². The zero-order valence-corrected chi connectivity index (χ0v) is 19.1. The number of nitrogens with two attached hydrogens (primary N) is 1. The summed E-state index contributed by atoms with van der Waals surface area (Å²) in [5, 5.41) is 23.0. The first kappa shape index (κ1) is 22.6. The molecule has 174 valence electrons. The monoisotopic (exact) mass is 472 g/mol. The molecule has 1 aromatic heterocycles. The van der Waals surface area contributed by atoms with E-state index >= 15 is 0 Å². The topological polar surface area (TPSA) is 115 Å². The fourth-order valence-electron chi connectivity index (χ4n) is 4.24. The number of aromatic nitrogens is 1. The van der Waals surface area contributed by atoms with Gasteiger partial charge in [-0.1, -0.05) is 60.7 Å². The lowest BCUT2D eigenvalue weighted by Gasteiger charge is -2.19. The van der Waals surface area contributed by atoms with Crippen molar-refractivity contribution in [2.24, 2.45) is 0 Å². The number of fused-ring (bicyclic) bond motifs is 1. The summed E-state index contributed by atoms with van der Waals surface area (Å²) in [6.45, 7) is 0.187. The Labute approximate surface area is 207 Å². The molecule has 0 bridgehead atoms. The molecule has 0 fully saturated rings. The maximum absolute atomic E-state index is 11.0. The number of benzene rings is 4. The molecule has 5 rings (SSSR count). The molecule has 0 amide bonds. The number of nitrogens with zero attached hydrogens (tertiary/aromatic N) is 3. The van der Waals surface area contributed by atoms with Crippen LogP contribution in [-0.2, 0) is 6.61 Å². The van der Waals surface area contributed by atoms with Crippen LogP contribution in [0.3, 0.4) is 0 Å². The van der Waals surface area contributed by atoms with Gasteiger partial charge in [-0.15, -0.1) is 0 Å². The molecular weight excluding hydrogens is 452 g/mol. The lowest BCUT2D eigenvalue weighted by atomic mass is 9.89. The van der Waals surface area contributed by atoms with Gasteiger partial charge >= 0.3 is 0 Å². The van der Waals surface area contributed by atoms with Crippen molar-refractivity contribution in [3.8, 4) is 34.1 Å². The molecule has 0 unspecified atom stereocenters. The van der Waals surface area contributed by atoms with Crippen LogP contribution in [0.4, 0.5) is 11.5 Å². The highest BCUT2D eigenvalue weighted by atomic mass is 16.6. The third-order valence-electron chi connectivity index (χ3n) is 5.99. The zero-order valence-electron chi connectivity index (χ0n) is 19.1. The first-order chi connectivity index (χ1) is 17.6. The maximum atomic E-state index is 11.0. The van der Waals surface area contributed by atoms with Gasteiger partial charge in [-0.3, -0.25) is 10.1 Å². The number of nitro groups is 1. The van der Waals surface area contributed by atoms with Gasteiger partial charge in [0.15, 0.2) is 0 Å². The van der Waals surface area contributed by atoms with Crippen LogP contribution >= 0.6 is 0 Å². The highest BCUT2D eigenvalue weighted by molar-refractivity contribution is 6.05. The normalized spacial score (nSPS) is 10.6. The van der Waals surface area contributed by atoms with Crippen LogP contribution < -0.4 is 10.5 Å². The number of ether oxygens (including phenoxy) is 1. The summed E-state index contributed by atoms with van der Waals surface area (Å²) in [6.07, 6.45) is 1.68. The minimum absolute atomic E-state index is 0.0172. The van der Waals surface area contributed by atoms with E-state index in [0.717, 1.165) is 33.0 Å². The minimum Gasteiger partial charge on any atom is -0.488 e. The van der Waals surface area contributed by atoms with E-state index < -0.39 is 4.92 Å². The molecule has 0 saturated carbocycles. The predicted molar refractivity (Wildman–Crippen MR) is 139 cm³/mol. The number of nitriles is 1. The standard InChI is InChI=1S/C29H20N4O3/c30-16-24-27(25(17-32-29(24)31)20-6-2-1-3-7-20)28-23-9-5-4-8-21(23)12-15-26(28)36-18-19-10-13-22(14-11-19)33(34)35/h1-15,17H,18H2,(H2,31,32). The molecule has 0 aliphatic rings. The average molecular weight is 473 g/mol. The molecule has 0 radical (unpaired) electrons. The SMILES string of the molecule is N#Cc1c(N)ncc(-c2ccccc2)c1-c1c(OCc2ccc([N+](=O)[O-])cc2)ccc2ccccc12. The number of hydrogen-bond acceptors (Lipinski definition) is 6. The van der Waals surface area contributed by atoms with E-state index in [2.05, 4.69) is 11.1 Å². The van der Waals surface area contributed by atoms with Gasteiger partial charge in [-0.05, 0) is 40.1 Å². The number of nitrogen functional groups attached to an aromatic ring is 1. The van der Waals surface area contributed by atoms with E-state index in [1.165, 1.54) is 12.1 Å². The van der Waals surface area contributed by atoms with E-state index in [-0.39, 0.29) is 23.7 Å². The van der Waals surface area contributed by atoms with Crippen LogP contribution in [0.5, 0.6) is 5.75 Å². The van der Waals surface area contributed by atoms with Gasteiger partial charge in [-0.2, -0.15) is 5.26 Å². The molecule has 4 aromatic carbocycles. The van der Waals surface area contributed by atoms with Gasteiger partial charge in [-0.25, -0.2) is 4.98 Å². The Balaban J connectivity index is 1.71. The van der Waals surface area contributed by atoms with Gasteiger partial charge in [0.05, 0.1) is 4.92 Å². The van der Waals surface area contributed by atoms with Crippen molar-refractivity contribution in [2.45, 2.75) is 6.61 Å². The molecule has 7 nitrogen and oxygen atoms in total. The maximum Gasteiger partial charge on any atom is 0.269 e. The van der Waals surface area contributed by atoms with E-state index in [4.69, 9.17) is 10.5 Å². The van der Waals surface area contributed by atoms with E-state index in [9.17, 15) is 15.4 Å². The quantitative estimate of drug-likeness (QED) is 0.222. The second kappa shape index (κ2) is 9.57. The molecule has 0 saturated heterocycles. The minimum atomic E-state index is -0.436. The Morgan fingerprint density at radius 2 is 1.64 bits per heavy atom. The Hall–Kier alpha value is -5.22. The molecule has 1 heterocycles. The number of pyridine rings is 1. The Bertz CT molecular complexity index is 1630. The Morgan fingerprint density at radius 1 is 0.917 bits per heavy atom. The van der Waals surface area contributed by atoms with Crippen molar-refractivity contribution in [3.63, 3.8) is 0 Å². The van der Waals surface area contributed by atoms with Crippen LogP contribution in [0.1, 0.15) is 11.1 Å². The molecule has 7 heteroatoms. The van der Waals surface area contributed by atoms with Crippen molar-refractivity contribution < 1.29 is 9.66 Å². The number of non-ortho nitro benzene ring substituents is 1. The summed E-state index contributed by atoms with van der Waals surface area (Å²) in [5.74, 6) is 0.702. The van der Waals surface area contributed by atoms with Gasteiger partial charge in [0, 0.05) is 35.0 Å². The second-order valence-corrected chi connectivity index (χ2v) is 8.16. The van der Waals surface area contributed by atoms with Gasteiger partial charge in [0.1, 0.15) is 29.8 Å². The molecule has 0 atom stereocenters. The van der Waals surface area contributed by atoms with Crippen LogP contribution in [-0.4, -0.2) is 9.91 Å². The number of nitro benzene ring substituents is 1. The Kier molecular flexibility index (Phi) is 6.00. The van der Waals surface area contributed by atoms with Crippen molar-refractivity contribution in [3.05, 3.63) is 118 Å². The van der Waals surface area contributed by atoms with E-state index in [1.54, 1.807) is 18.3 Å². The van der Waals surface area contributed by atoms with Crippen molar-refractivity contribution >= 4 is 22.3 Å². The third-order valence-corrected chi connectivity index (χ3v) is 5.99. The first-order valence-corrected chi connectivity index (χ1v) is 11.2. The summed E-state index contributed by atoms with van der Waals surface area (Å²) in [7, 11) is 0. The Morgan fingerprint density at radius 3 is 2.36 bits per heavy atom. The van der Waals surface area contributed by atoms with Crippen molar-refractivity contribution in [1.29, 1.82) is 5.26 Å². The largest absolute Gasteiger partial charge is 0.488 e. The molecule has 0 aliphatic carbocycles. The summed E-state index contributed by atoms with van der Waals surface area (Å²) in [6, 6.07) is 29.9. The molecule has 5 aromatic rings. The highest BCUT2D eigenvalue weighted by Crippen LogP contribution is 2.44. The fraction of sp³-hybridized carbons (Fsp3) is 0.0345. The zero-order chi connectivity index (χ0) is 25.1. The second-order valence-electron chi connectivity index (χ2n) is 8.16. The summed E-state index contributed by atoms with van der Waals surface area (Å²) in [4.78, 5) is 14.8. The molecular formula is C29H20N4O3. The summed E-state index contributed by atoms with van der Waals surface area (Å²) < 4.78 is 6.28. The van der Waals surface area contributed by atoms with Gasteiger partial charge in [0.25, 0.3) is 5.69 Å². The smallest absolute Gasteiger partial charge is 0.269 e. The van der Waals surface area contributed by atoms with Gasteiger partial charge in [0.2, 0.25) is 0 Å². The van der Waals surface area contributed by atoms with E-state index in [0.29, 0.717) is 11.3 Å². The van der Waals surface area contributed by atoms with Crippen LogP contribution in [0, 0.1) is 21.4 Å². The summed E-state index contributed by atoms with van der Waals surface area (Å²) >= 11 is 0. The molecule has 0 aliphatic heterocycles. The van der Waals surface area contributed by atoms with Crippen molar-refractivity contribution in [2.75, 3.05) is 5.73 Å². The van der Waals surface area contributed by atoms with Gasteiger partial charge < -0.3 is 10.5 Å². The number of hydrogen-bond donors (Lipinski definition) is 1. The van der Waals surface area contributed by atoms with Crippen molar-refractivity contribution in [1.82, 2.24) is 4.98 Å². The van der Waals surface area contributed by atoms with Crippen LogP contribution in [0.2, 0.25) is 0 Å². The lowest BCUT2D eigenvalue weighted by molar-refractivity contribution is -0.384. The van der Waals surface area contributed by atoms with E-state index in [1.807, 2.05) is 66.7 Å². The molecule has 2 N–H and O–H groups in total. The lowest BCUT2D eigenvalue weighted by Crippen LogP contribution is -2.03. The first-order valence-electron chi connectivity index (χ1n) is 11.2.